The Morgan fingerprint density at radius 3 is 2.74 bits per heavy atom. The van der Waals surface area contributed by atoms with Crippen LogP contribution in [0.4, 0.5) is 0 Å². The summed E-state index contributed by atoms with van der Waals surface area (Å²) in [7, 11) is 0. The normalized spacial score (nSPS) is 15.0. The molecule has 1 fully saturated rings. The third-order valence-corrected chi connectivity index (χ3v) is 4.51. The topological polar surface area (TPSA) is 68.0 Å². The molecule has 0 unspecified atom stereocenters. The highest BCUT2D eigenvalue weighted by atomic mass is 35.5. The van der Waals surface area contributed by atoms with Crippen molar-refractivity contribution in [3.63, 3.8) is 0 Å². The van der Waals surface area contributed by atoms with Gasteiger partial charge in [-0.15, -0.1) is 0 Å². The quantitative estimate of drug-likeness (QED) is 0.868. The molecule has 5 nitrogen and oxygen atoms in total. The van der Waals surface area contributed by atoms with E-state index < -0.39 is 0 Å². The molecule has 3 rings (SSSR count). The number of rotatable bonds is 6. The molecular weight excluding hydrogens is 314 g/mol. The predicted octanol–water partition coefficient (Wildman–Crippen LogP) is 3.98. The van der Waals surface area contributed by atoms with Gasteiger partial charge >= 0.3 is 0 Å². The van der Waals surface area contributed by atoms with E-state index in [1.807, 2.05) is 12.1 Å². The molecule has 2 aromatic rings. The molecule has 1 amide bonds. The van der Waals surface area contributed by atoms with E-state index in [9.17, 15) is 4.79 Å². The molecule has 23 heavy (non-hydrogen) atoms. The lowest BCUT2D eigenvalue weighted by Gasteiger charge is -2.07. The number of hydrogen-bond acceptors (Lipinski definition) is 4. The van der Waals surface area contributed by atoms with Gasteiger partial charge in [0.2, 0.25) is 17.6 Å². The number of amides is 1. The highest BCUT2D eigenvalue weighted by Gasteiger charge is 2.16. The van der Waals surface area contributed by atoms with E-state index >= 15 is 0 Å². The highest BCUT2D eigenvalue weighted by Crippen LogP contribution is 2.28. The summed E-state index contributed by atoms with van der Waals surface area (Å²) in [6.45, 7) is 0.268. The molecular formula is C17H20ClN3O2. The first kappa shape index (κ1) is 16.0. The Kier molecular flexibility index (Phi) is 5.28. The van der Waals surface area contributed by atoms with Crippen LogP contribution in [0, 0.1) is 5.92 Å². The first-order valence-corrected chi connectivity index (χ1v) is 8.44. The summed E-state index contributed by atoms with van der Waals surface area (Å²) >= 11 is 5.85. The van der Waals surface area contributed by atoms with Gasteiger partial charge in [0.1, 0.15) is 0 Å². The van der Waals surface area contributed by atoms with Crippen molar-refractivity contribution in [2.75, 3.05) is 0 Å². The molecule has 122 valence electrons. The van der Waals surface area contributed by atoms with Crippen molar-refractivity contribution in [2.45, 2.75) is 45.1 Å². The van der Waals surface area contributed by atoms with Gasteiger partial charge in [-0.05, 0) is 36.6 Å². The first-order chi connectivity index (χ1) is 11.2. The van der Waals surface area contributed by atoms with Crippen molar-refractivity contribution in [1.29, 1.82) is 0 Å². The van der Waals surface area contributed by atoms with E-state index in [-0.39, 0.29) is 12.5 Å². The summed E-state index contributed by atoms with van der Waals surface area (Å²) < 4.78 is 5.17. The van der Waals surface area contributed by atoms with Crippen molar-refractivity contribution < 1.29 is 9.32 Å². The van der Waals surface area contributed by atoms with Gasteiger partial charge in [-0.25, -0.2) is 0 Å². The average Bonchev–Trinajstić information content (AvgIpc) is 3.23. The summed E-state index contributed by atoms with van der Waals surface area (Å²) in [6, 6.07) is 7.21. The smallest absolute Gasteiger partial charge is 0.246 e. The third-order valence-electron chi connectivity index (χ3n) is 4.26. The minimum atomic E-state index is 0.0446. The third kappa shape index (κ3) is 4.55. The number of aromatic nitrogens is 2. The zero-order chi connectivity index (χ0) is 16.1. The van der Waals surface area contributed by atoms with Gasteiger partial charge in [-0.1, -0.05) is 42.4 Å². The number of hydrogen-bond donors (Lipinski definition) is 1. The van der Waals surface area contributed by atoms with Crippen molar-refractivity contribution in [3.05, 3.63) is 35.2 Å². The number of benzene rings is 1. The molecule has 1 N–H and O–H groups in total. The fraction of sp³-hybridized carbons (Fsp3) is 0.471. The number of nitrogens with zero attached hydrogens (tertiary/aromatic N) is 2. The lowest BCUT2D eigenvalue weighted by atomic mass is 10.0. The van der Waals surface area contributed by atoms with E-state index in [0.29, 0.717) is 23.2 Å². The van der Waals surface area contributed by atoms with Crippen LogP contribution in [0.5, 0.6) is 0 Å². The predicted molar refractivity (Wildman–Crippen MR) is 87.8 cm³/mol. The first-order valence-electron chi connectivity index (χ1n) is 8.06. The Balaban J connectivity index is 1.47. The van der Waals surface area contributed by atoms with Crippen LogP contribution in [-0.2, 0) is 11.3 Å². The van der Waals surface area contributed by atoms with Crippen LogP contribution in [0.15, 0.2) is 28.8 Å². The monoisotopic (exact) mass is 333 g/mol. The molecule has 0 bridgehead atoms. The molecule has 0 aliphatic heterocycles. The average molecular weight is 334 g/mol. The lowest BCUT2D eigenvalue weighted by molar-refractivity contribution is -0.121. The Morgan fingerprint density at radius 2 is 2.00 bits per heavy atom. The molecule has 0 saturated heterocycles. The minimum Gasteiger partial charge on any atom is -0.347 e. The van der Waals surface area contributed by atoms with E-state index in [4.69, 9.17) is 16.1 Å². The van der Waals surface area contributed by atoms with Crippen LogP contribution in [0.2, 0.25) is 5.02 Å². The molecule has 0 radical (unpaired) electrons. The fourth-order valence-corrected chi connectivity index (χ4v) is 3.07. The molecule has 0 spiro atoms. The van der Waals surface area contributed by atoms with Crippen LogP contribution in [0.3, 0.4) is 0 Å². The summed E-state index contributed by atoms with van der Waals surface area (Å²) in [4.78, 5) is 16.2. The van der Waals surface area contributed by atoms with Gasteiger partial charge < -0.3 is 9.84 Å². The number of carbonyl (C=O) groups excluding carboxylic acids is 1. The molecule has 6 heteroatoms. The van der Waals surface area contributed by atoms with Crippen LogP contribution >= 0.6 is 11.6 Å². The fourth-order valence-electron chi connectivity index (χ4n) is 2.94. The Morgan fingerprint density at radius 1 is 1.26 bits per heavy atom. The summed E-state index contributed by atoms with van der Waals surface area (Å²) in [5, 5.41) is 7.42. The highest BCUT2D eigenvalue weighted by molar-refractivity contribution is 6.30. The number of halogens is 1. The maximum atomic E-state index is 11.9. The van der Waals surface area contributed by atoms with Gasteiger partial charge in [0.25, 0.3) is 0 Å². The Labute approximate surface area is 140 Å². The van der Waals surface area contributed by atoms with Crippen molar-refractivity contribution >= 4 is 17.5 Å². The second-order valence-corrected chi connectivity index (χ2v) is 6.42. The summed E-state index contributed by atoms with van der Waals surface area (Å²) in [5.74, 6) is 1.67. The second kappa shape index (κ2) is 7.59. The second-order valence-electron chi connectivity index (χ2n) is 5.98. The van der Waals surface area contributed by atoms with Crippen molar-refractivity contribution in [3.8, 4) is 11.4 Å². The van der Waals surface area contributed by atoms with E-state index in [0.717, 1.165) is 17.9 Å². The van der Waals surface area contributed by atoms with Gasteiger partial charge in [-0.2, -0.15) is 4.98 Å². The standard InChI is InChI=1S/C17H20ClN3O2/c18-14-8-6-13(7-9-14)17-20-16(23-21-17)11-19-15(22)10-5-12-3-1-2-4-12/h6-9,12H,1-5,10-11H2,(H,19,22). The number of nitrogens with one attached hydrogen (secondary N) is 1. The van der Waals surface area contributed by atoms with E-state index in [1.54, 1.807) is 12.1 Å². The van der Waals surface area contributed by atoms with Gasteiger partial charge in [0, 0.05) is 17.0 Å². The maximum absolute atomic E-state index is 11.9. The zero-order valence-electron chi connectivity index (χ0n) is 12.9. The zero-order valence-corrected chi connectivity index (χ0v) is 13.7. The summed E-state index contributed by atoms with van der Waals surface area (Å²) in [5.41, 5.74) is 0.831. The van der Waals surface area contributed by atoms with Gasteiger partial charge in [0.05, 0.1) is 6.54 Å². The van der Waals surface area contributed by atoms with Gasteiger partial charge in [-0.3, -0.25) is 4.79 Å². The molecule has 1 aromatic heterocycles. The SMILES string of the molecule is O=C(CCC1CCCC1)NCc1nc(-c2ccc(Cl)cc2)no1. The molecule has 1 aliphatic rings. The molecule has 0 atom stereocenters. The van der Waals surface area contributed by atoms with Crippen LogP contribution < -0.4 is 5.32 Å². The largest absolute Gasteiger partial charge is 0.347 e. The van der Waals surface area contributed by atoms with Crippen molar-refractivity contribution in [2.24, 2.45) is 5.92 Å². The molecule has 1 aromatic carbocycles. The Hall–Kier alpha value is -1.88. The van der Waals surface area contributed by atoms with Crippen LogP contribution in [0.1, 0.15) is 44.4 Å². The molecule has 1 heterocycles. The number of carbonyl (C=O) groups is 1. The molecule has 1 saturated carbocycles. The van der Waals surface area contributed by atoms with Crippen LogP contribution in [0.25, 0.3) is 11.4 Å². The minimum absolute atomic E-state index is 0.0446. The van der Waals surface area contributed by atoms with E-state index in [1.165, 1.54) is 25.7 Å². The van der Waals surface area contributed by atoms with E-state index in [2.05, 4.69) is 15.5 Å². The Bertz CT molecular complexity index is 648. The van der Waals surface area contributed by atoms with Gasteiger partial charge in [0.15, 0.2) is 0 Å². The van der Waals surface area contributed by atoms with Crippen molar-refractivity contribution in [1.82, 2.24) is 15.5 Å². The molecule has 1 aliphatic carbocycles. The van der Waals surface area contributed by atoms with Crippen LogP contribution in [-0.4, -0.2) is 16.0 Å². The maximum Gasteiger partial charge on any atom is 0.246 e. The summed E-state index contributed by atoms with van der Waals surface area (Å²) in [6.07, 6.45) is 6.70. The lowest BCUT2D eigenvalue weighted by Crippen LogP contribution is -2.23.